The lowest BCUT2D eigenvalue weighted by Gasteiger charge is -2.21. The van der Waals surface area contributed by atoms with Gasteiger partial charge in [0.15, 0.2) is 10.4 Å². The number of hydrogen-bond acceptors (Lipinski definition) is 4. The largest absolute Gasteiger partial charge is 0.444 e. The van der Waals surface area contributed by atoms with Gasteiger partial charge in [0.25, 0.3) is 0 Å². The Hall–Kier alpha value is -1.70. The minimum absolute atomic E-state index is 0.151. The predicted octanol–water partition coefficient (Wildman–Crippen LogP) is 5.86. The molecule has 7 heteroatoms. The fourth-order valence-electron chi connectivity index (χ4n) is 2.78. The Morgan fingerprint density at radius 1 is 1.16 bits per heavy atom. The third-order valence-corrected chi connectivity index (χ3v) is 5.84. The van der Waals surface area contributed by atoms with E-state index in [0.29, 0.717) is 11.1 Å². The summed E-state index contributed by atoms with van der Waals surface area (Å²) < 4.78 is 6.97. The molecule has 4 rings (SSSR count). The highest BCUT2D eigenvalue weighted by Gasteiger charge is 2.35. The van der Waals surface area contributed by atoms with E-state index >= 15 is 0 Å². The van der Waals surface area contributed by atoms with E-state index in [1.54, 1.807) is 23.5 Å². The van der Waals surface area contributed by atoms with Gasteiger partial charge < -0.3 is 4.42 Å². The molecule has 0 bridgehead atoms. The number of halogens is 2. The molecule has 1 atom stereocenters. The lowest BCUT2D eigenvalue weighted by molar-refractivity contribution is 0.0677. The first-order valence-electron chi connectivity index (χ1n) is 7.57. The number of hydrazone groups is 1. The molecule has 1 aliphatic heterocycles. The Morgan fingerprint density at radius 3 is 2.60 bits per heavy atom. The smallest absolute Gasteiger partial charge is 0.310 e. The first-order valence-corrected chi connectivity index (χ1v) is 10.0. The highest BCUT2D eigenvalue weighted by atomic mass is 79.9. The quantitative estimate of drug-likeness (QED) is 0.472. The second-order valence-electron chi connectivity index (χ2n) is 5.55. The third-order valence-electron chi connectivity index (χ3n) is 3.96. The summed E-state index contributed by atoms with van der Waals surface area (Å²) in [4.78, 5) is 14.0. The zero-order valence-corrected chi connectivity index (χ0v) is 16.8. The summed E-state index contributed by atoms with van der Waals surface area (Å²) in [6.07, 6.45) is 0.676. The van der Waals surface area contributed by atoms with E-state index in [4.69, 9.17) is 4.42 Å². The van der Waals surface area contributed by atoms with Crippen LogP contribution in [-0.2, 0) is 0 Å². The van der Waals surface area contributed by atoms with Crippen LogP contribution in [0.1, 0.15) is 33.5 Å². The van der Waals surface area contributed by atoms with Crippen LogP contribution in [-0.4, -0.2) is 16.6 Å². The van der Waals surface area contributed by atoms with E-state index in [0.717, 1.165) is 20.6 Å². The Kier molecular flexibility index (Phi) is 4.62. The molecule has 0 aliphatic carbocycles. The molecule has 0 unspecified atom stereocenters. The van der Waals surface area contributed by atoms with Gasteiger partial charge in [-0.05, 0) is 57.2 Å². The molecule has 3 aromatic rings. The van der Waals surface area contributed by atoms with Crippen LogP contribution in [0.25, 0.3) is 0 Å². The molecule has 1 aromatic carbocycles. The lowest BCUT2D eigenvalue weighted by atomic mass is 10.0. The van der Waals surface area contributed by atoms with Gasteiger partial charge in [-0.2, -0.15) is 5.10 Å². The molecule has 0 saturated heterocycles. The van der Waals surface area contributed by atoms with Crippen LogP contribution in [0, 0.1) is 0 Å². The Bertz CT molecular complexity index is 932. The predicted molar refractivity (Wildman–Crippen MR) is 105 cm³/mol. The van der Waals surface area contributed by atoms with Crippen molar-refractivity contribution in [2.75, 3.05) is 0 Å². The van der Waals surface area contributed by atoms with Crippen molar-refractivity contribution in [1.82, 2.24) is 5.01 Å². The molecule has 126 valence electrons. The van der Waals surface area contributed by atoms with Crippen LogP contribution in [0.15, 0.2) is 72.6 Å². The van der Waals surface area contributed by atoms with Crippen LogP contribution in [0.2, 0.25) is 0 Å². The zero-order chi connectivity index (χ0) is 17.4. The van der Waals surface area contributed by atoms with Crippen molar-refractivity contribution < 1.29 is 9.21 Å². The van der Waals surface area contributed by atoms with Crippen molar-refractivity contribution in [2.24, 2.45) is 5.10 Å². The molecule has 2 aromatic heterocycles. The maximum absolute atomic E-state index is 12.9. The summed E-state index contributed by atoms with van der Waals surface area (Å²) >= 11 is 8.32. The molecule has 0 N–H and O–H groups in total. The number of hydrogen-bond donors (Lipinski definition) is 0. The van der Waals surface area contributed by atoms with E-state index < -0.39 is 0 Å². The van der Waals surface area contributed by atoms with Crippen LogP contribution in [0.3, 0.4) is 0 Å². The van der Waals surface area contributed by atoms with Crippen molar-refractivity contribution >= 4 is 54.8 Å². The molecule has 4 nitrogen and oxygen atoms in total. The van der Waals surface area contributed by atoms with Crippen molar-refractivity contribution in [1.29, 1.82) is 0 Å². The molecule has 1 aliphatic rings. The number of thiophene rings is 1. The van der Waals surface area contributed by atoms with Gasteiger partial charge in [0, 0.05) is 10.9 Å². The number of furan rings is 1. The molecule has 0 spiro atoms. The lowest BCUT2D eigenvalue weighted by Crippen LogP contribution is -2.26. The first kappa shape index (κ1) is 16.8. The van der Waals surface area contributed by atoms with Crippen molar-refractivity contribution in [3.05, 3.63) is 79.3 Å². The van der Waals surface area contributed by atoms with Gasteiger partial charge in [0.1, 0.15) is 0 Å². The Labute approximate surface area is 165 Å². The molecule has 0 radical (unpaired) electrons. The second kappa shape index (κ2) is 6.90. The van der Waals surface area contributed by atoms with Crippen LogP contribution < -0.4 is 0 Å². The molecular formula is C18H12Br2N2O2S. The minimum Gasteiger partial charge on any atom is -0.444 e. The topological polar surface area (TPSA) is 45.8 Å². The maximum atomic E-state index is 12.9. The van der Waals surface area contributed by atoms with Crippen LogP contribution in [0.5, 0.6) is 0 Å². The van der Waals surface area contributed by atoms with Crippen LogP contribution in [0.4, 0.5) is 0 Å². The highest BCUT2D eigenvalue weighted by molar-refractivity contribution is 9.10. The van der Waals surface area contributed by atoms with E-state index in [-0.39, 0.29) is 17.7 Å². The van der Waals surface area contributed by atoms with Gasteiger partial charge in [-0.1, -0.05) is 34.1 Å². The summed E-state index contributed by atoms with van der Waals surface area (Å²) in [5, 5.41) is 8.17. The molecule has 0 saturated carbocycles. The number of carbonyl (C=O) groups is 1. The van der Waals surface area contributed by atoms with E-state index in [9.17, 15) is 4.79 Å². The molecule has 3 heterocycles. The van der Waals surface area contributed by atoms with E-state index in [1.165, 1.54) is 5.01 Å². The van der Waals surface area contributed by atoms with Crippen molar-refractivity contribution in [3.63, 3.8) is 0 Å². The standard InChI is InChI=1S/C18H12Br2N2O2S/c19-12-5-3-11(4-6-12)14-10-13(16-2-1-9-25-16)21-22(14)18(23)15-7-8-17(20)24-15/h1-9,14H,10H2/t14-/m0/s1. The van der Waals surface area contributed by atoms with E-state index in [1.807, 2.05) is 41.8 Å². The van der Waals surface area contributed by atoms with Gasteiger partial charge in [-0.3, -0.25) is 4.79 Å². The fourth-order valence-corrected chi connectivity index (χ4v) is 4.07. The normalized spacial score (nSPS) is 17.0. The minimum atomic E-state index is -0.245. The average molecular weight is 480 g/mol. The fraction of sp³-hybridized carbons (Fsp3) is 0.111. The van der Waals surface area contributed by atoms with Crippen molar-refractivity contribution in [2.45, 2.75) is 12.5 Å². The monoisotopic (exact) mass is 478 g/mol. The SMILES string of the molecule is O=C(c1ccc(Br)o1)N1N=C(c2cccs2)C[C@H]1c1ccc(Br)cc1. The second-order valence-corrected chi connectivity index (χ2v) is 8.19. The Balaban J connectivity index is 1.72. The van der Waals surface area contributed by atoms with Crippen molar-refractivity contribution in [3.8, 4) is 0 Å². The molecule has 25 heavy (non-hydrogen) atoms. The number of carbonyl (C=O) groups excluding carboxylic acids is 1. The average Bonchev–Trinajstić information content (AvgIpc) is 3.35. The van der Waals surface area contributed by atoms with Crippen LogP contribution >= 0.6 is 43.2 Å². The van der Waals surface area contributed by atoms with Gasteiger partial charge in [-0.25, -0.2) is 5.01 Å². The third kappa shape index (κ3) is 3.36. The first-order chi connectivity index (χ1) is 12.1. The summed E-state index contributed by atoms with van der Waals surface area (Å²) in [7, 11) is 0. The number of rotatable bonds is 3. The summed E-state index contributed by atoms with van der Waals surface area (Å²) in [6.45, 7) is 0. The highest BCUT2D eigenvalue weighted by Crippen LogP contribution is 2.35. The summed E-state index contributed by atoms with van der Waals surface area (Å²) in [5.41, 5.74) is 1.96. The maximum Gasteiger partial charge on any atom is 0.310 e. The van der Waals surface area contributed by atoms with Gasteiger partial charge >= 0.3 is 5.91 Å². The summed E-state index contributed by atoms with van der Waals surface area (Å²) in [5.74, 6) is 0.0235. The van der Waals surface area contributed by atoms with Gasteiger partial charge in [0.2, 0.25) is 0 Å². The van der Waals surface area contributed by atoms with E-state index in [2.05, 4.69) is 37.0 Å². The zero-order valence-electron chi connectivity index (χ0n) is 12.9. The Morgan fingerprint density at radius 2 is 1.96 bits per heavy atom. The number of amides is 1. The van der Waals surface area contributed by atoms with Gasteiger partial charge in [-0.15, -0.1) is 11.3 Å². The molecule has 1 amide bonds. The number of benzene rings is 1. The number of nitrogens with zero attached hydrogens (tertiary/aromatic N) is 2. The molecule has 0 fully saturated rings. The molecular weight excluding hydrogens is 468 g/mol. The van der Waals surface area contributed by atoms with Gasteiger partial charge in [0.05, 0.1) is 16.6 Å². The summed E-state index contributed by atoms with van der Waals surface area (Å²) in [6, 6.07) is 15.2.